The second-order valence-electron chi connectivity index (χ2n) is 12.2. The molecule has 4 aliphatic carbocycles. The van der Waals surface area contributed by atoms with Crippen molar-refractivity contribution >= 4 is 33.2 Å². The molecule has 1 aliphatic heterocycles. The van der Waals surface area contributed by atoms with Gasteiger partial charge in [0.1, 0.15) is 10.6 Å². The molecule has 1 heterocycles. The van der Waals surface area contributed by atoms with Crippen molar-refractivity contribution in [2.75, 3.05) is 38.2 Å². The predicted octanol–water partition coefficient (Wildman–Crippen LogP) is 5.19. The van der Waals surface area contributed by atoms with Crippen molar-refractivity contribution in [3.63, 3.8) is 0 Å². The molecule has 210 valence electrons. The highest BCUT2D eigenvalue weighted by Crippen LogP contribution is 2.61. The normalized spacial score (nSPS) is 29.3. The number of anilines is 1. The van der Waals surface area contributed by atoms with Crippen LogP contribution in [0.15, 0.2) is 47.4 Å². The van der Waals surface area contributed by atoms with Gasteiger partial charge in [-0.05, 0) is 105 Å². The van der Waals surface area contributed by atoms with E-state index in [1.165, 1.54) is 56.0 Å². The summed E-state index contributed by atoms with van der Waals surface area (Å²) in [6, 6.07) is 12.4. The van der Waals surface area contributed by atoms with Crippen molar-refractivity contribution in [3.05, 3.63) is 53.1 Å². The first-order valence-corrected chi connectivity index (χ1v) is 16.0. The maximum absolute atomic E-state index is 13.8. The van der Waals surface area contributed by atoms with E-state index in [9.17, 15) is 13.2 Å². The molecule has 5 aliphatic rings. The number of carbonyl (C=O) groups excluding carboxylic acids is 1. The molecule has 7 rings (SSSR count). The van der Waals surface area contributed by atoms with Crippen LogP contribution >= 0.6 is 11.6 Å². The number of carbonyl (C=O) groups is 1. The van der Waals surface area contributed by atoms with Crippen molar-refractivity contribution in [2.45, 2.75) is 56.4 Å². The number of rotatable bonds is 7. The van der Waals surface area contributed by atoms with Gasteiger partial charge in [0.15, 0.2) is 0 Å². The highest BCUT2D eigenvalue weighted by Gasteiger charge is 2.53. The molecule has 0 spiro atoms. The number of halogens is 1. The van der Waals surface area contributed by atoms with Gasteiger partial charge in [0.05, 0.1) is 7.11 Å². The molecule has 9 heteroatoms. The minimum absolute atomic E-state index is 0.0383. The topological polar surface area (TPSA) is 78.9 Å². The Morgan fingerprint density at radius 3 is 2.23 bits per heavy atom. The van der Waals surface area contributed by atoms with E-state index in [4.69, 9.17) is 16.3 Å². The number of nitrogens with one attached hydrogen (secondary N) is 1. The fraction of sp³-hybridized carbons (Fsp3) is 0.567. The Morgan fingerprint density at radius 2 is 1.64 bits per heavy atom. The fourth-order valence-corrected chi connectivity index (χ4v) is 9.95. The second kappa shape index (κ2) is 10.3. The van der Waals surface area contributed by atoms with Gasteiger partial charge in [-0.15, -0.1) is 0 Å². The lowest BCUT2D eigenvalue weighted by molar-refractivity contribution is -0.0688. The van der Waals surface area contributed by atoms with Crippen molar-refractivity contribution in [2.24, 2.45) is 23.2 Å². The summed E-state index contributed by atoms with van der Waals surface area (Å²) in [6.45, 7) is 3.90. The molecule has 0 radical (unpaired) electrons. The van der Waals surface area contributed by atoms with Gasteiger partial charge in [-0.25, -0.2) is 8.42 Å². The summed E-state index contributed by atoms with van der Waals surface area (Å²) in [5.74, 6) is 2.43. The van der Waals surface area contributed by atoms with Crippen LogP contribution in [0.25, 0.3) is 0 Å². The third kappa shape index (κ3) is 5.04. The summed E-state index contributed by atoms with van der Waals surface area (Å²) in [4.78, 5) is 15.6. The van der Waals surface area contributed by atoms with Gasteiger partial charge in [0, 0.05) is 48.5 Å². The number of hydrogen-bond donors (Lipinski definition) is 1. The third-order valence-corrected chi connectivity index (χ3v) is 12.0. The van der Waals surface area contributed by atoms with E-state index in [0.29, 0.717) is 36.8 Å². The molecule has 4 bridgehead atoms. The third-order valence-electron chi connectivity index (χ3n) is 9.81. The summed E-state index contributed by atoms with van der Waals surface area (Å²) >= 11 is 6.15. The van der Waals surface area contributed by atoms with E-state index < -0.39 is 10.0 Å². The SMILES string of the molecule is COc1ccc(C(=O)NC(C)C23CC4CC(CC(C4)C2)C3)cc1S(=O)(=O)N1CCN(c2cccc(Cl)c2)CC1. The first-order chi connectivity index (χ1) is 18.7. The molecule has 2 aromatic carbocycles. The number of amides is 1. The molecule has 1 saturated heterocycles. The average molecular weight is 572 g/mol. The Bertz CT molecular complexity index is 1320. The highest BCUT2D eigenvalue weighted by atomic mass is 35.5. The molecular weight excluding hydrogens is 534 g/mol. The molecule has 1 N–H and O–H groups in total. The summed E-state index contributed by atoms with van der Waals surface area (Å²) in [7, 11) is -2.41. The minimum Gasteiger partial charge on any atom is -0.495 e. The second-order valence-corrected chi connectivity index (χ2v) is 14.6. The van der Waals surface area contributed by atoms with E-state index in [-0.39, 0.29) is 28.0 Å². The standard InChI is InChI=1S/C30H38ClN3O4S/c1-20(30-17-21-12-22(18-30)14-23(13-21)19-30)32-29(35)24-6-7-27(38-2)28(15-24)39(36,37)34-10-8-33(9-11-34)26-5-3-4-25(31)16-26/h3-7,15-16,20-23H,8-14,17-19H2,1-2H3,(H,32,35). The molecule has 4 saturated carbocycles. The van der Waals surface area contributed by atoms with Crippen LogP contribution < -0.4 is 15.0 Å². The van der Waals surface area contributed by atoms with E-state index in [1.54, 1.807) is 12.1 Å². The fourth-order valence-electron chi connectivity index (χ4n) is 8.16. The highest BCUT2D eigenvalue weighted by molar-refractivity contribution is 7.89. The van der Waals surface area contributed by atoms with Gasteiger partial charge in [-0.2, -0.15) is 4.31 Å². The summed E-state index contributed by atoms with van der Waals surface area (Å²) in [5.41, 5.74) is 1.50. The summed E-state index contributed by atoms with van der Waals surface area (Å²) in [6.07, 6.45) is 7.66. The molecule has 39 heavy (non-hydrogen) atoms. The lowest BCUT2D eigenvalue weighted by Gasteiger charge is -2.59. The Balaban J connectivity index is 1.17. The van der Waals surface area contributed by atoms with Gasteiger partial charge < -0.3 is 15.0 Å². The number of hydrogen-bond acceptors (Lipinski definition) is 5. The first kappa shape index (κ1) is 26.9. The average Bonchev–Trinajstić information content (AvgIpc) is 2.92. The molecule has 5 fully saturated rings. The first-order valence-electron chi connectivity index (χ1n) is 14.2. The molecule has 2 aromatic rings. The lowest BCUT2D eigenvalue weighted by atomic mass is 9.48. The Kier molecular flexibility index (Phi) is 7.09. The van der Waals surface area contributed by atoms with Crippen LogP contribution in [-0.2, 0) is 10.0 Å². The van der Waals surface area contributed by atoms with Gasteiger partial charge >= 0.3 is 0 Å². The quantitative estimate of drug-likeness (QED) is 0.494. The van der Waals surface area contributed by atoms with Crippen molar-refractivity contribution < 1.29 is 17.9 Å². The lowest BCUT2D eigenvalue weighted by Crippen LogP contribution is -2.55. The number of methoxy groups -OCH3 is 1. The van der Waals surface area contributed by atoms with Crippen LogP contribution in [0.4, 0.5) is 5.69 Å². The maximum Gasteiger partial charge on any atom is 0.251 e. The predicted molar refractivity (Wildman–Crippen MR) is 153 cm³/mol. The molecule has 0 aromatic heterocycles. The van der Waals surface area contributed by atoms with Crippen molar-refractivity contribution in [1.82, 2.24) is 9.62 Å². The monoisotopic (exact) mass is 571 g/mol. The minimum atomic E-state index is -3.86. The molecule has 1 atom stereocenters. The molecule has 1 amide bonds. The van der Waals surface area contributed by atoms with E-state index >= 15 is 0 Å². The maximum atomic E-state index is 13.8. The van der Waals surface area contributed by atoms with E-state index in [1.807, 2.05) is 24.3 Å². The Hall–Kier alpha value is -2.29. The van der Waals surface area contributed by atoms with Crippen LogP contribution in [0.5, 0.6) is 5.75 Å². The summed E-state index contributed by atoms with van der Waals surface area (Å²) < 4.78 is 34.5. The number of piperazine rings is 1. The van der Waals surface area contributed by atoms with E-state index in [0.717, 1.165) is 23.4 Å². The van der Waals surface area contributed by atoms with Crippen molar-refractivity contribution in [1.29, 1.82) is 0 Å². The van der Waals surface area contributed by atoms with Gasteiger partial charge in [-0.3, -0.25) is 4.79 Å². The number of nitrogens with zero attached hydrogens (tertiary/aromatic N) is 2. The van der Waals surface area contributed by atoms with Crippen LogP contribution in [0, 0.1) is 23.2 Å². The molecule has 1 unspecified atom stereocenters. The number of ether oxygens (including phenoxy) is 1. The Labute approximate surface area is 236 Å². The van der Waals surface area contributed by atoms with Gasteiger partial charge in [0.25, 0.3) is 5.91 Å². The summed E-state index contributed by atoms with van der Waals surface area (Å²) in [5, 5.41) is 3.92. The van der Waals surface area contributed by atoms with Crippen LogP contribution in [0.1, 0.15) is 55.8 Å². The number of sulfonamides is 1. The van der Waals surface area contributed by atoms with Crippen LogP contribution in [0.3, 0.4) is 0 Å². The smallest absolute Gasteiger partial charge is 0.251 e. The number of benzene rings is 2. The van der Waals surface area contributed by atoms with Crippen LogP contribution in [0.2, 0.25) is 5.02 Å². The zero-order valence-corrected chi connectivity index (χ0v) is 24.3. The van der Waals surface area contributed by atoms with Crippen LogP contribution in [-0.4, -0.2) is 58.0 Å². The molecular formula is C30H38ClN3O4S. The zero-order valence-electron chi connectivity index (χ0n) is 22.7. The van der Waals surface area contributed by atoms with Crippen molar-refractivity contribution in [3.8, 4) is 5.75 Å². The van der Waals surface area contributed by atoms with E-state index in [2.05, 4.69) is 17.1 Å². The van der Waals surface area contributed by atoms with Gasteiger partial charge in [-0.1, -0.05) is 17.7 Å². The van der Waals surface area contributed by atoms with Gasteiger partial charge in [0.2, 0.25) is 10.0 Å². The zero-order chi connectivity index (χ0) is 27.4. The Morgan fingerprint density at radius 1 is 1.00 bits per heavy atom. The largest absolute Gasteiger partial charge is 0.495 e. The molecule has 7 nitrogen and oxygen atoms in total.